The molecule has 1 aromatic heterocycles. The van der Waals surface area contributed by atoms with E-state index in [2.05, 4.69) is 84.7 Å². The first-order chi connectivity index (χ1) is 14.1. The molecule has 0 N–H and O–H groups in total. The lowest BCUT2D eigenvalue weighted by molar-refractivity contribution is 0.551. The van der Waals surface area contributed by atoms with Gasteiger partial charge in [0.1, 0.15) is 0 Å². The largest absolute Gasteiger partial charge is 0.286 e. The Balaban J connectivity index is 2.21. The Morgan fingerprint density at radius 3 is 1.97 bits per heavy atom. The van der Waals surface area contributed by atoms with Crippen LogP contribution in [0.2, 0.25) is 0 Å². The molecule has 0 saturated carbocycles. The molecular weight excluding hydrogens is 376 g/mol. The summed E-state index contributed by atoms with van der Waals surface area (Å²) in [6.07, 6.45) is 4.56. The Morgan fingerprint density at radius 1 is 0.793 bits per heavy atom. The molecule has 3 rings (SSSR count). The molecule has 0 saturated heterocycles. The molecular formula is C24H32N4S. The molecule has 2 aromatic carbocycles. The zero-order valence-corrected chi connectivity index (χ0v) is 18.9. The van der Waals surface area contributed by atoms with Gasteiger partial charge in [0.15, 0.2) is 0 Å². The van der Waals surface area contributed by atoms with E-state index in [1.807, 2.05) is 0 Å². The van der Waals surface area contributed by atoms with Gasteiger partial charge in [0.05, 0.1) is 11.4 Å². The third-order valence-electron chi connectivity index (χ3n) is 4.79. The van der Waals surface area contributed by atoms with Crippen LogP contribution in [0.1, 0.15) is 50.7 Å². The summed E-state index contributed by atoms with van der Waals surface area (Å²) in [6, 6.07) is 16.8. The quantitative estimate of drug-likeness (QED) is 0.436. The molecule has 0 atom stereocenters. The van der Waals surface area contributed by atoms with E-state index >= 15 is 0 Å². The van der Waals surface area contributed by atoms with E-state index in [0.29, 0.717) is 0 Å². The van der Waals surface area contributed by atoms with Crippen molar-refractivity contribution < 1.29 is 0 Å². The monoisotopic (exact) mass is 408 g/mol. The van der Waals surface area contributed by atoms with Gasteiger partial charge in [-0.15, -0.1) is 0 Å². The molecule has 0 amide bonds. The molecule has 0 spiro atoms. The maximum absolute atomic E-state index is 5.06. The van der Waals surface area contributed by atoms with Crippen LogP contribution < -0.4 is 10.4 Å². The summed E-state index contributed by atoms with van der Waals surface area (Å²) < 4.78 is 4.62. The second-order valence-corrected chi connectivity index (χ2v) is 8.52. The maximum atomic E-state index is 5.06. The van der Waals surface area contributed by atoms with Crippen molar-refractivity contribution in [1.82, 2.24) is 8.52 Å². The van der Waals surface area contributed by atoms with E-state index < -0.39 is 0 Å². The predicted molar refractivity (Wildman–Crippen MR) is 123 cm³/mol. The van der Waals surface area contributed by atoms with E-state index in [4.69, 9.17) is 9.98 Å². The number of unbranched alkanes of at least 4 members (excludes halogenated alkanes) is 2. The molecule has 0 fully saturated rings. The maximum Gasteiger partial charge on any atom is 0.222 e. The highest BCUT2D eigenvalue weighted by Crippen LogP contribution is 2.14. The summed E-state index contributed by atoms with van der Waals surface area (Å²) >= 11 is 1.72. The molecule has 5 heteroatoms. The number of rotatable bonds is 8. The topological polar surface area (TPSA) is 34.6 Å². The third kappa shape index (κ3) is 5.80. The smallest absolute Gasteiger partial charge is 0.222 e. The van der Waals surface area contributed by atoms with E-state index in [0.717, 1.165) is 60.6 Å². The lowest BCUT2D eigenvalue weighted by Crippen LogP contribution is -2.30. The number of aryl methyl sites for hydroxylation is 3. The fourth-order valence-corrected chi connectivity index (χ4v) is 4.24. The summed E-state index contributed by atoms with van der Waals surface area (Å²) in [6.45, 7) is 10.6. The first-order valence-electron chi connectivity index (χ1n) is 10.6. The fourth-order valence-electron chi connectivity index (χ4n) is 3.19. The van der Waals surface area contributed by atoms with E-state index in [1.165, 1.54) is 11.1 Å². The summed E-state index contributed by atoms with van der Waals surface area (Å²) in [5, 5.41) is 0. The van der Waals surface area contributed by atoms with Gasteiger partial charge >= 0.3 is 0 Å². The highest BCUT2D eigenvalue weighted by Gasteiger charge is 2.08. The standard InChI is InChI=1S/C24H32N4S/c1-5-7-15-27-23(25-21-13-9-11-19(3)17-21)28(16-8-6-2)29-24(27)26-22-14-10-12-20(4)18-22/h9-14,17-18H,5-8,15-16H2,1-4H3. The number of hydrogen-bond acceptors (Lipinski definition) is 3. The van der Waals surface area contributed by atoms with Crippen LogP contribution in [-0.2, 0) is 13.1 Å². The van der Waals surface area contributed by atoms with Crippen molar-refractivity contribution in [3.63, 3.8) is 0 Å². The lowest BCUT2D eigenvalue weighted by Gasteiger charge is -2.05. The van der Waals surface area contributed by atoms with Crippen LogP contribution in [-0.4, -0.2) is 8.52 Å². The molecule has 0 aliphatic heterocycles. The second-order valence-electron chi connectivity index (χ2n) is 7.54. The molecule has 0 aliphatic rings. The lowest BCUT2D eigenvalue weighted by atomic mass is 10.2. The van der Waals surface area contributed by atoms with Crippen molar-refractivity contribution in [2.24, 2.45) is 9.98 Å². The summed E-state index contributed by atoms with van der Waals surface area (Å²) in [5.41, 5.74) is 5.47. The normalized spacial score (nSPS) is 12.7. The minimum absolute atomic E-state index is 0.932. The molecule has 3 aromatic rings. The van der Waals surface area contributed by atoms with Gasteiger partial charge in [-0.3, -0.25) is 8.52 Å². The number of hydrogen-bond donors (Lipinski definition) is 0. The van der Waals surface area contributed by atoms with Crippen LogP contribution in [0, 0.1) is 13.8 Å². The van der Waals surface area contributed by atoms with Gasteiger partial charge in [-0.25, -0.2) is 9.98 Å². The third-order valence-corrected chi connectivity index (χ3v) is 5.84. The average molecular weight is 409 g/mol. The summed E-state index contributed by atoms with van der Waals surface area (Å²) in [7, 11) is 0. The van der Waals surface area contributed by atoms with E-state index in [9.17, 15) is 0 Å². The molecule has 0 aliphatic carbocycles. The minimum Gasteiger partial charge on any atom is -0.286 e. The Morgan fingerprint density at radius 2 is 1.38 bits per heavy atom. The number of benzene rings is 2. The highest BCUT2D eigenvalue weighted by atomic mass is 32.1. The molecule has 0 unspecified atom stereocenters. The van der Waals surface area contributed by atoms with Gasteiger partial charge in [0.2, 0.25) is 10.4 Å². The van der Waals surface area contributed by atoms with Crippen molar-refractivity contribution in [3.05, 3.63) is 70.1 Å². The average Bonchev–Trinajstić information content (AvgIpc) is 3.00. The van der Waals surface area contributed by atoms with E-state index in [-0.39, 0.29) is 0 Å². The molecule has 154 valence electrons. The zero-order valence-electron chi connectivity index (χ0n) is 18.1. The van der Waals surface area contributed by atoms with Gasteiger partial charge in [-0.1, -0.05) is 51.0 Å². The van der Waals surface area contributed by atoms with Crippen LogP contribution in [0.5, 0.6) is 0 Å². The predicted octanol–water partition coefficient (Wildman–Crippen LogP) is 6.03. The Labute approximate surface area is 178 Å². The number of aromatic nitrogens is 2. The van der Waals surface area contributed by atoms with Crippen LogP contribution >= 0.6 is 11.5 Å². The van der Waals surface area contributed by atoms with Gasteiger partial charge in [0, 0.05) is 13.1 Å². The van der Waals surface area contributed by atoms with Crippen LogP contribution in [0.3, 0.4) is 0 Å². The second kappa shape index (κ2) is 10.4. The Kier molecular flexibility index (Phi) is 7.64. The molecule has 0 radical (unpaired) electrons. The van der Waals surface area contributed by atoms with Crippen LogP contribution in [0.25, 0.3) is 0 Å². The van der Waals surface area contributed by atoms with Crippen molar-refractivity contribution in [2.45, 2.75) is 66.5 Å². The van der Waals surface area contributed by atoms with E-state index in [1.54, 1.807) is 11.5 Å². The molecule has 0 bridgehead atoms. The molecule has 1 heterocycles. The van der Waals surface area contributed by atoms with Crippen LogP contribution in [0.4, 0.5) is 11.4 Å². The first-order valence-corrected chi connectivity index (χ1v) is 11.4. The van der Waals surface area contributed by atoms with Crippen LogP contribution in [0.15, 0.2) is 58.5 Å². The van der Waals surface area contributed by atoms with Crippen molar-refractivity contribution in [1.29, 1.82) is 0 Å². The Bertz CT molecular complexity index is 1070. The Hall–Kier alpha value is -2.40. The molecule has 29 heavy (non-hydrogen) atoms. The first kappa shape index (κ1) is 21.3. The zero-order chi connectivity index (χ0) is 20.6. The summed E-state index contributed by atoms with van der Waals surface area (Å²) in [5.74, 6) is 0. The fraction of sp³-hybridized carbons (Fsp3) is 0.417. The van der Waals surface area contributed by atoms with Crippen molar-refractivity contribution >= 4 is 22.9 Å². The highest BCUT2D eigenvalue weighted by molar-refractivity contribution is 7.03. The van der Waals surface area contributed by atoms with Crippen molar-refractivity contribution in [3.8, 4) is 0 Å². The summed E-state index contributed by atoms with van der Waals surface area (Å²) in [4.78, 5) is 11.1. The minimum atomic E-state index is 0.932. The van der Waals surface area contributed by atoms with Gasteiger partial charge in [0.25, 0.3) is 0 Å². The number of nitrogens with zero attached hydrogens (tertiary/aromatic N) is 4. The van der Waals surface area contributed by atoms with Gasteiger partial charge in [-0.05, 0) is 73.6 Å². The van der Waals surface area contributed by atoms with Gasteiger partial charge in [-0.2, -0.15) is 0 Å². The van der Waals surface area contributed by atoms with Crippen molar-refractivity contribution in [2.75, 3.05) is 0 Å². The molecule has 4 nitrogen and oxygen atoms in total. The van der Waals surface area contributed by atoms with Gasteiger partial charge < -0.3 is 0 Å². The SMILES string of the molecule is CCCCn1sc(=Nc2cccc(C)c2)n(CCCC)c1=Nc1cccc(C)c1.